The summed E-state index contributed by atoms with van der Waals surface area (Å²) in [6.07, 6.45) is 3.48. The van der Waals surface area contributed by atoms with Crippen molar-refractivity contribution in [3.8, 4) is 0 Å². The van der Waals surface area contributed by atoms with Gasteiger partial charge in [-0.2, -0.15) is 5.10 Å². The lowest BCUT2D eigenvalue weighted by Crippen LogP contribution is -2.29. The van der Waals surface area contributed by atoms with Crippen LogP contribution in [0, 0.1) is 6.92 Å². The Bertz CT molecular complexity index is 380. The SMILES string of the molecule is Cc1nn(C2CCCOC2)c2c1CCNC2. The molecule has 1 aromatic heterocycles. The Labute approximate surface area is 96.0 Å². The minimum Gasteiger partial charge on any atom is -0.379 e. The number of fused-ring (bicyclic) bond motifs is 1. The van der Waals surface area contributed by atoms with Crippen LogP contribution in [0.1, 0.15) is 35.8 Å². The Hall–Kier alpha value is -0.870. The summed E-state index contributed by atoms with van der Waals surface area (Å²) >= 11 is 0. The summed E-state index contributed by atoms with van der Waals surface area (Å²) in [5.41, 5.74) is 4.06. The molecule has 0 radical (unpaired) electrons. The molecule has 88 valence electrons. The second kappa shape index (κ2) is 4.18. The van der Waals surface area contributed by atoms with Crippen molar-refractivity contribution < 1.29 is 4.74 Å². The molecule has 1 unspecified atom stereocenters. The highest BCUT2D eigenvalue weighted by Gasteiger charge is 2.24. The third-order valence-corrected chi connectivity index (χ3v) is 3.65. The van der Waals surface area contributed by atoms with Crippen LogP contribution in [0.2, 0.25) is 0 Å². The summed E-state index contributed by atoms with van der Waals surface area (Å²) < 4.78 is 7.77. The molecular formula is C12H19N3O. The monoisotopic (exact) mass is 221 g/mol. The highest BCUT2D eigenvalue weighted by Crippen LogP contribution is 2.25. The van der Waals surface area contributed by atoms with Gasteiger partial charge < -0.3 is 10.1 Å². The Kier molecular flexibility index (Phi) is 2.69. The van der Waals surface area contributed by atoms with E-state index in [1.807, 2.05) is 0 Å². The number of hydrogen-bond acceptors (Lipinski definition) is 3. The average Bonchev–Trinajstić information content (AvgIpc) is 2.69. The van der Waals surface area contributed by atoms with Crippen LogP contribution in [-0.2, 0) is 17.7 Å². The van der Waals surface area contributed by atoms with E-state index < -0.39 is 0 Å². The third-order valence-electron chi connectivity index (χ3n) is 3.65. The smallest absolute Gasteiger partial charge is 0.0757 e. The van der Waals surface area contributed by atoms with Crippen molar-refractivity contribution in [3.63, 3.8) is 0 Å². The van der Waals surface area contributed by atoms with Crippen LogP contribution in [0.15, 0.2) is 0 Å². The van der Waals surface area contributed by atoms with Gasteiger partial charge in [0.25, 0.3) is 0 Å². The van der Waals surface area contributed by atoms with Gasteiger partial charge in [-0.1, -0.05) is 0 Å². The Morgan fingerprint density at radius 3 is 3.25 bits per heavy atom. The van der Waals surface area contributed by atoms with Crippen LogP contribution < -0.4 is 5.32 Å². The van der Waals surface area contributed by atoms with Gasteiger partial charge in [0.1, 0.15) is 0 Å². The molecule has 1 atom stereocenters. The number of nitrogens with zero attached hydrogens (tertiary/aromatic N) is 2. The van der Waals surface area contributed by atoms with E-state index >= 15 is 0 Å². The summed E-state index contributed by atoms with van der Waals surface area (Å²) in [5.74, 6) is 0. The summed E-state index contributed by atoms with van der Waals surface area (Å²) in [6, 6.07) is 0.455. The van der Waals surface area contributed by atoms with Gasteiger partial charge in [0, 0.05) is 13.2 Å². The van der Waals surface area contributed by atoms with E-state index in [-0.39, 0.29) is 0 Å². The molecule has 4 nitrogen and oxygen atoms in total. The molecule has 0 aromatic carbocycles. The molecule has 0 amide bonds. The fraction of sp³-hybridized carbons (Fsp3) is 0.750. The molecule has 0 spiro atoms. The first-order valence-corrected chi connectivity index (χ1v) is 6.21. The van der Waals surface area contributed by atoms with Gasteiger partial charge in [-0.3, -0.25) is 4.68 Å². The molecule has 0 aliphatic carbocycles. The molecule has 16 heavy (non-hydrogen) atoms. The molecule has 3 rings (SSSR count). The molecule has 1 saturated heterocycles. The molecular weight excluding hydrogens is 202 g/mol. The minimum absolute atomic E-state index is 0.455. The molecule has 0 bridgehead atoms. The lowest BCUT2D eigenvalue weighted by atomic mass is 10.1. The lowest BCUT2D eigenvalue weighted by Gasteiger charge is -2.25. The minimum atomic E-state index is 0.455. The predicted octanol–water partition coefficient (Wildman–Crippen LogP) is 1.19. The zero-order chi connectivity index (χ0) is 11.0. The molecule has 1 fully saturated rings. The van der Waals surface area contributed by atoms with Crippen molar-refractivity contribution >= 4 is 0 Å². The van der Waals surface area contributed by atoms with E-state index in [4.69, 9.17) is 9.84 Å². The highest BCUT2D eigenvalue weighted by atomic mass is 16.5. The van der Waals surface area contributed by atoms with Crippen LogP contribution in [0.5, 0.6) is 0 Å². The number of ether oxygens (including phenoxy) is 1. The number of hydrogen-bond donors (Lipinski definition) is 1. The van der Waals surface area contributed by atoms with E-state index in [1.165, 1.54) is 23.4 Å². The summed E-state index contributed by atoms with van der Waals surface area (Å²) in [6.45, 7) is 5.92. The Morgan fingerprint density at radius 2 is 2.44 bits per heavy atom. The average molecular weight is 221 g/mol. The normalized spacial score (nSPS) is 25.4. The van der Waals surface area contributed by atoms with Crippen LogP contribution in [0.4, 0.5) is 0 Å². The summed E-state index contributed by atoms with van der Waals surface area (Å²) in [5, 5.41) is 8.14. The second-order valence-electron chi connectivity index (χ2n) is 4.75. The predicted molar refractivity (Wildman–Crippen MR) is 61.5 cm³/mol. The largest absolute Gasteiger partial charge is 0.379 e. The van der Waals surface area contributed by atoms with Crippen molar-refractivity contribution in [1.29, 1.82) is 0 Å². The molecule has 0 saturated carbocycles. The fourth-order valence-corrected chi connectivity index (χ4v) is 2.78. The Morgan fingerprint density at radius 1 is 1.50 bits per heavy atom. The highest BCUT2D eigenvalue weighted by molar-refractivity contribution is 5.28. The topological polar surface area (TPSA) is 39.1 Å². The van der Waals surface area contributed by atoms with Crippen molar-refractivity contribution in [2.24, 2.45) is 0 Å². The van der Waals surface area contributed by atoms with E-state index in [2.05, 4.69) is 16.9 Å². The first-order chi connectivity index (χ1) is 7.86. The zero-order valence-corrected chi connectivity index (χ0v) is 9.83. The summed E-state index contributed by atoms with van der Waals surface area (Å²) in [4.78, 5) is 0. The Balaban J connectivity index is 1.93. The first-order valence-electron chi connectivity index (χ1n) is 6.21. The quantitative estimate of drug-likeness (QED) is 0.774. The second-order valence-corrected chi connectivity index (χ2v) is 4.75. The zero-order valence-electron chi connectivity index (χ0n) is 9.83. The van der Waals surface area contributed by atoms with E-state index in [1.54, 1.807) is 0 Å². The molecule has 1 N–H and O–H groups in total. The number of aromatic nitrogens is 2. The van der Waals surface area contributed by atoms with Crippen LogP contribution >= 0.6 is 0 Å². The van der Waals surface area contributed by atoms with Gasteiger partial charge in [-0.15, -0.1) is 0 Å². The molecule has 4 heteroatoms. The van der Waals surface area contributed by atoms with E-state index in [0.29, 0.717) is 6.04 Å². The standard InChI is InChI=1S/C12H19N3O/c1-9-11-4-5-13-7-12(11)15(14-9)10-3-2-6-16-8-10/h10,13H,2-8H2,1H3. The number of nitrogens with one attached hydrogen (secondary N) is 1. The summed E-state index contributed by atoms with van der Waals surface area (Å²) in [7, 11) is 0. The van der Waals surface area contributed by atoms with Gasteiger partial charge in [0.05, 0.1) is 24.0 Å². The van der Waals surface area contributed by atoms with Gasteiger partial charge in [0.2, 0.25) is 0 Å². The van der Waals surface area contributed by atoms with Gasteiger partial charge in [-0.05, 0) is 38.3 Å². The van der Waals surface area contributed by atoms with Gasteiger partial charge in [0.15, 0.2) is 0 Å². The van der Waals surface area contributed by atoms with Crippen LogP contribution in [0.25, 0.3) is 0 Å². The maximum absolute atomic E-state index is 5.56. The van der Waals surface area contributed by atoms with E-state index in [0.717, 1.165) is 39.1 Å². The van der Waals surface area contributed by atoms with Crippen molar-refractivity contribution in [3.05, 3.63) is 17.0 Å². The van der Waals surface area contributed by atoms with E-state index in [9.17, 15) is 0 Å². The van der Waals surface area contributed by atoms with Crippen molar-refractivity contribution in [2.45, 2.75) is 38.8 Å². The molecule has 2 aliphatic rings. The number of rotatable bonds is 1. The molecule has 3 heterocycles. The maximum Gasteiger partial charge on any atom is 0.0757 e. The lowest BCUT2D eigenvalue weighted by molar-refractivity contribution is 0.0536. The fourth-order valence-electron chi connectivity index (χ4n) is 2.78. The van der Waals surface area contributed by atoms with Crippen molar-refractivity contribution in [2.75, 3.05) is 19.8 Å². The van der Waals surface area contributed by atoms with Crippen molar-refractivity contribution in [1.82, 2.24) is 15.1 Å². The molecule has 2 aliphatic heterocycles. The molecule has 1 aromatic rings. The van der Waals surface area contributed by atoms with Crippen LogP contribution in [0.3, 0.4) is 0 Å². The number of aryl methyl sites for hydroxylation is 1. The maximum atomic E-state index is 5.56. The van der Waals surface area contributed by atoms with Gasteiger partial charge >= 0.3 is 0 Å². The first kappa shape index (κ1) is 10.3. The third kappa shape index (κ3) is 1.66. The van der Waals surface area contributed by atoms with Crippen LogP contribution in [-0.4, -0.2) is 29.5 Å². The van der Waals surface area contributed by atoms with Gasteiger partial charge in [-0.25, -0.2) is 0 Å².